The molecule has 1 saturated heterocycles. The number of ether oxygens (including phenoxy) is 1. The molecule has 4 aliphatic rings. The van der Waals surface area contributed by atoms with Crippen molar-refractivity contribution in [2.75, 3.05) is 63.8 Å². The molecule has 7 rings (SSSR count). The number of methoxy groups -OCH3 is 1. The van der Waals surface area contributed by atoms with Crippen LogP contribution in [0.3, 0.4) is 0 Å². The summed E-state index contributed by atoms with van der Waals surface area (Å²) in [5.74, 6) is 0.338. The fourth-order valence-electron chi connectivity index (χ4n) is 8.18. The minimum absolute atomic E-state index is 0.0737. The van der Waals surface area contributed by atoms with Crippen molar-refractivity contribution in [3.63, 3.8) is 0 Å². The van der Waals surface area contributed by atoms with Crippen molar-refractivity contribution >= 4 is 33.4 Å². The van der Waals surface area contributed by atoms with Gasteiger partial charge in [0, 0.05) is 63.6 Å². The van der Waals surface area contributed by atoms with E-state index < -0.39 is 39.7 Å². The van der Waals surface area contributed by atoms with Crippen LogP contribution in [-0.4, -0.2) is 110 Å². The molecule has 292 valence electrons. The fourth-order valence-corrected chi connectivity index (χ4v) is 8.85. The van der Waals surface area contributed by atoms with Crippen LogP contribution in [0.5, 0.6) is 5.75 Å². The first kappa shape index (κ1) is 38.3. The number of carbonyl (C=O) groups excluding carboxylic acids is 1. The van der Waals surface area contributed by atoms with E-state index in [1.165, 1.54) is 33.5 Å². The number of amides is 1. The van der Waals surface area contributed by atoms with E-state index in [4.69, 9.17) is 4.74 Å². The Labute approximate surface area is 314 Å². The molecule has 3 N–H and O–H groups in total. The molecule has 0 spiro atoms. The number of nitrogens with zero attached hydrogens (tertiary/aromatic N) is 5. The van der Waals surface area contributed by atoms with Gasteiger partial charge >= 0.3 is 6.18 Å². The largest absolute Gasteiger partial charge is 0.495 e. The van der Waals surface area contributed by atoms with Crippen LogP contribution in [-0.2, 0) is 22.6 Å². The Morgan fingerprint density at radius 1 is 1.02 bits per heavy atom. The van der Waals surface area contributed by atoms with Gasteiger partial charge in [0.15, 0.2) is 0 Å². The molecule has 3 fully saturated rings. The van der Waals surface area contributed by atoms with E-state index in [2.05, 4.69) is 35.7 Å². The van der Waals surface area contributed by atoms with Crippen LogP contribution in [0.2, 0.25) is 0 Å². The molecule has 2 atom stereocenters. The topological polar surface area (TPSA) is 132 Å². The number of nitrogens with one attached hydrogen (secondary N) is 3. The molecular formula is C38H49F3N8O4S. The molecule has 0 radical (unpaired) electrons. The lowest BCUT2D eigenvalue weighted by Gasteiger charge is -2.42. The van der Waals surface area contributed by atoms with Crippen LogP contribution in [0, 0.1) is 5.92 Å². The van der Waals surface area contributed by atoms with Gasteiger partial charge in [-0.15, -0.1) is 0 Å². The third kappa shape index (κ3) is 8.77. The number of alkyl halides is 3. The Hall–Kier alpha value is -3.99. The van der Waals surface area contributed by atoms with Gasteiger partial charge in [0.2, 0.25) is 16.0 Å². The molecule has 0 bridgehead atoms. The summed E-state index contributed by atoms with van der Waals surface area (Å²) in [6, 6.07) is 11.1. The quantitative estimate of drug-likeness (QED) is 0.224. The average Bonchev–Trinajstić information content (AvgIpc) is 3.89. The zero-order valence-electron chi connectivity index (χ0n) is 30.9. The van der Waals surface area contributed by atoms with Gasteiger partial charge in [-0.2, -0.15) is 22.5 Å². The summed E-state index contributed by atoms with van der Waals surface area (Å²) in [5.41, 5.74) is 1.18. The number of fused-ring (bicyclic) bond motifs is 1. The molecule has 12 nitrogen and oxygen atoms in total. The van der Waals surface area contributed by atoms with Crippen LogP contribution in [0.25, 0.3) is 0 Å². The maximum absolute atomic E-state index is 14.2. The molecule has 1 aromatic heterocycles. The zero-order chi connectivity index (χ0) is 38.2. The number of sulfonamides is 1. The summed E-state index contributed by atoms with van der Waals surface area (Å²) in [4.78, 5) is 26.7. The Bertz CT molecular complexity index is 1930. The lowest BCUT2D eigenvalue weighted by Crippen LogP contribution is -2.52. The highest BCUT2D eigenvalue weighted by Crippen LogP contribution is 2.41. The Morgan fingerprint density at radius 3 is 2.41 bits per heavy atom. The monoisotopic (exact) mass is 770 g/mol. The molecule has 54 heavy (non-hydrogen) atoms. The molecule has 2 heterocycles. The van der Waals surface area contributed by atoms with Crippen molar-refractivity contribution in [1.82, 2.24) is 29.4 Å². The summed E-state index contributed by atoms with van der Waals surface area (Å²) in [5, 5.41) is 9.03. The number of hydrogen-bond donors (Lipinski definition) is 3. The molecule has 2 saturated carbocycles. The van der Waals surface area contributed by atoms with Gasteiger partial charge < -0.3 is 25.6 Å². The number of hydrogen-bond acceptors (Lipinski definition) is 10. The Balaban J connectivity index is 1.00. The van der Waals surface area contributed by atoms with Gasteiger partial charge in [-0.3, -0.25) is 9.69 Å². The van der Waals surface area contributed by atoms with Crippen molar-refractivity contribution in [2.45, 2.75) is 75.3 Å². The van der Waals surface area contributed by atoms with E-state index in [1.807, 2.05) is 6.07 Å². The lowest BCUT2D eigenvalue weighted by molar-refractivity contribution is -0.137. The van der Waals surface area contributed by atoms with E-state index in [0.29, 0.717) is 29.1 Å². The Morgan fingerprint density at radius 2 is 1.74 bits per heavy atom. The first-order chi connectivity index (χ1) is 25.8. The molecule has 1 aliphatic heterocycles. The molecule has 16 heteroatoms. The van der Waals surface area contributed by atoms with Crippen LogP contribution in [0.1, 0.15) is 71.6 Å². The highest BCUT2D eigenvalue weighted by atomic mass is 32.2. The minimum atomic E-state index is -4.79. The summed E-state index contributed by atoms with van der Waals surface area (Å²) in [6.45, 7) is 5.76. The van der Waals surface area contributed by atoms with E-state index in [1.54, 1.807) is 36.4 Å². The SMILES string of the molecule is COc1cc(C(=O)NC2CCC(N3CCN(CC4CC4)CC3)CC2)ccc1Nc1ncc(C(F)(F)F)c(N[C@@H]2Cc3ccccc3[C@H]2N(C)S(C)(=O)=O)n1. The van der Waals surface area contributed by atoms with Crippen molar-refractivity contribution in [1.29, 1.82) is 0 Å². The maximum Gasteiger partial charge on any atom is 0.421 e. The molecule has 1 amide bonds. The van der Waals surface area contributed by atoms with E-state index in [-0.39, 0.29) is 30.1 Å². The molecule has 2 aromatic carbocycles. The van der Waals surface area contributed by atoms with Gasteiger partial charge in [0.1, 0.15) is 17.1 Å². The Kier molecular flexibility index (Phi) is 11.1. The fraction of sp³-hybridized carbons (Fsp3) is 0.553. The first-order valence-electron chi connectivity index (χ1n) is 18.7. The smallest absolute Gasteiger partial charge is 0.421 e. The van der Waals surface area contributed by atoms with Crippen LogP contribution in [0.4, 0.5) is 30.6 Å². The van der Waals surface area contributed by atoms with Crippen molar-refractivity contribution in [3.8, 4) is 5.75 Å². The number of aromatic nitrogens is 2. The predicted molar refractivity (Wildman–Crippen MR) is 200 cm³/mol. The number of piperazine rings is 1. The molecule has 3 aromatic rings. The van der Waals surface area contributed by atoms with Crippen LogP contribution in [0.15, 0.2) is 48.7 Å². The van der Waals surface area contributed by atoms with E-state index >= 15 is 0 Å². The van der Waals surface area contributed by atoms with E-state index in [0.717, 1.165) is 73.9 Å². The predicted octanol–water partition coefficient (Wildman–Crippen LogP) is 5.29. The third-order valence-electron chi connectivity index (χ3n) is 11.4. The second-order valence-corrected chi connectivity index (χ2v) is 17.2. The summed E-state index contributed by atoms with van der Waals surface area (Å²) >= 11 is 0. The van der Waals surface area contributed by atoms with Gasteiger partial charge in [0.05, 0.1) is 31.1 Å². The van der Waals surface area contributed by atoms with Gasteiger partial charge in [-0.1, -0.05) is 24.3 Å². The lowest BCUT2D eigenvalue weighted by atomic mass is 9.89. The zero-order valence-corrected chi connectivity index (χ0v) is 31.7. The van der Waals surface area contributed by atoms with Crippen LogP contribution < -0.4 is 20.7 Å². The molecule has 3 aliphatic carbocycles. The number of anilines is 3. The molecular weight excluding hydrogens is 722 g/mol. The average molecular weight is 771 g/mol. The summed E-state index contributed by atoms with van der Waals surface area (Å²) < 4.78 is 74.6. The van der Waals surface area contributed by atoms with Gasteiger partial charge in [-0.05, 0) is 80.2 Å². The van der Waals surface area contributed by atoms with Crippen molar-refractivity contribution < 1.29 is 31.1 Å². The normalized spacial score (nSPS) is 23.9. The van der Waals surface area contributed by atoms with E-state index in [9.17, 15) is 26.4 Å². The number of likely N-dealkylation sites (N-methyl/N-ethyl adjacent to an activating group) is 1. The second kappa shape index (κ2) is 15.6. The number of benzene rings is 2. The number of carbonyl (C=O) groups is 1. The van der Waals surface area contributed by atoms with Gasteiger partial charge in [-0.25, -0.2) is 13.4 Å². The maximum atomic E-state index is 14.2. The third-order valence-corrected chi connectivity index (χ3v) is 12.7. The molecule has 0 unspecified atom stereocenters. The van der Waals surface area contributed by atoms with Gasteiger partial charge in [0.25, 0.3) is 5.91 Å². The second-order valence-electron chi connectivity index (χ2n) is 15.1. The first-order valence-corrected chi connectivity index (χ1v) is 20.6. The highest BCUT2D eigenvalue weighted by molar-refractivity contribution is 7.88. The minimum Gasteiger partial charge on any atom is -0.495 e. The van der Waals surface area contributed by atoms with Crippen LogP contribution >= 0.6 is 0 Å². The summed E-state index contributed by atoms with van der Waals surface area (Å²) in [7, 11) is -0.849. The standard InChI is InChI=1S/C38H49F3N8O4S/c1-47(54(3,51)52)34-29-7-5-4-6-25(29)20-32(34)44-35-30(38(39,40)41)22-42-37(46-35)45-31-15-10-26(21-33(31)53-2)36(50)43-27-11-13-28(14-12-27)49-18-16-48(17-19-49)23-24-8-9-24/h4-7,10,15,21-22,24,27-28,32,34H,8-9,11-14,16-20,23H2,1-3H3,(H,43,50)(H2,42,44,45,46)/t27?,28?,32-,34-/m1/s1. The van der Waals surface area contributed by atoms with Crippen molar-refractivity contribution in [2.24, 2.45) is 5.92 Å². The number of rotatable bonds is 12. The highest BCUT2D eigenvalue weighted by Gasteiger charge is 2.41. The van der Waals surface area contributed by atoms with Crippen molar-refractivity contribution in [3.05, 3.63) is 70.9 Å². The summed E-state index contributed by atoms with van der Waals surface area (Å²) in [6.07, 6.45) is 3.92. The number of halogens is 3.